The number of hydrogen-bond donors (Lipinski definition) is 2. The van der Waals surface area contributed by atoms with Crippen molar-refractivity contribution < 1.29 is 23.1 Å². The summed E-state index contributed by atoms with van der Waals surface area (Å²) in [5, 5.41) is 7.17. The highest BCUT2D eigenvalue weighted by molar-refractivity contribution is 6.31. The fourth-order valence-corrected chi connectivity index (χ4v) is 7.19. The van der Waals surface area contributed by atoms with Crippen LogP contribution in [0.2, 0.25) is 10.0 Å². The summed E-state index contributed by atoms with van der Waals surface area (Å²) in [4.78, 5) is 30.9. The molecular formula is C27H24Cl2FN3O4. The van der Waals surface area contributed by atoms with Crippen LogP contribution in [0.5, 0.6) is 0 Å². The second-order valence-electron chi connectivity index (χ2n) is 9.90. The van der Waals surface area contributed by atoms with E-state index in [0.717, 1.165) is 24.8 Å². The number of carbonyl (C=O) groups excluding carboxylic acids is 2. The minimum atomic E-state index is -1.22. The Morgan fingerprint density at radius 2 is 1.97 bits per heavy atom. The molecule has 3 aliphatic rings. The molecule has 2 aromatic carbocycles. The molecule has 37 heavy (non-hydrogen) atoms. The van der Waals surface area contributed by atoms with Crippen LogP contribution in [-0.2, 0) is 14.9 Å². The summed E-state index contributed by atoms with van der Waals surface area (Å²) >= 11 is 12.6. The molecule has 1 aromatic heterocycles. The molecule has 7 nitrogen and oxygen atoms in total. The highest BCUT2D eigenvalue weighted by Crippen LogP contribution is 2.65. The first-order chi connectivity index (χ1) is 17.8. The van der Waals surface area contributed by atoms with Crippen molar-refractivity contribution in [2.75, 3.05) is 12.4 Å². The van der Waals surface area contributed by atoms with Gasteiger partial charge in [-0.1, -0.05) is 60.7 Å². The number of hydrogen-bond acceptors (Lipinski definition) is 6. The quantitative estimate of drug-likeness (QED) is 0.398. The lowest BCUT2D eigenvalue weighted by Gasteiger charge is -2.47. The molecule has 10 heteroatoms. The van der Waals surface area contributed by atoms with E-state index >= 15 is 4.39 Å². The first-order valence-electron chi connectivity index (χ1n) is 12.2. The number of halogens is 3. The van der Waals surface area contributed by atoms with Crippen LogP contribution in [0, 0.1) is 5.82 Å². The maximum atomic E-state index is 15.9. The Morgan fingerprint density at radius 1 is 1.19 bits per heavy atom. The molecule has 3 heterocycles. The molecule has 2 spiro atoms. The van der Waals surface area contributed by atoms with Crippen molar-refractivity contribution in [2.45, 2.75) is 55.0 Å². The van der Waals surface area contributed by atoms with Gasteiger partial charge in [0.05, 0.1) is 18.2 Å². The van der Waals surface area contributed by atoms with E-state index in [9.17, 15) is 9.59 Å². The molecule has 3 atom stereocenters. The third kappa shape index (κ3) is 3.39. The largest absolute Gasteiger partial charge is 0.464 e. The number of anilines is 1. The number of methoxy groups -OCH3 is 1. The summed E-state index contributed by atoms with van der Waals surface area (Å²) < 4.78 is 26.4. The highest BCUT2D eigenvalue weighted by atomic mass is 35.5. The van der Waals surface area contributed by atoms with E-state index in [4.69, 9.17) is 32.4 Å². The number of nitrogens with one attached hydrogen (secondary N) is 2. The van der Waals surface area contributed by atoms with E-state index in [2.05, 4.69) is 15.6 Å². The maximum absolute atomic E-state index is 15.9. The lowest BCUT2D eigenvalue weighted by Crippen LogP contribution is -2.60. The zero-order valence-corrected chi connectivity index (χ0v) is 21.5. The minimum absolute atomic E-state index is 0.00804. The monoisotopic (exact) mass is 543 g/mol. The van der Waals surface area contributed by atoms with Crippen molar-refractivity contribution in [1.82, 2.24) is 10.3 Å². The SMILES string of the molecule is COC(=O)c1coc([C@@H]2NC3(CCCCC3)[C@@]3(C(=O)Nc4cc(Cl)ccc43)C2c2cccc(Cl)c2F)n1. The Morgan fingerprint density at radius 3 is 2.73 bits per heavy atom. The molecule has 1 saturated heterocycles. The fraction of sp³-hybridized carbons (Fsp3) is 0.370. The molecule has 0 bridgehead atoms. The zero-order valence-electron chi connectivity index (χ0n) is 19.9. The summed E-state index contributed by atoms with van der Waals surface area (Å²) in [6.45, 7) is 0. The van der Waals surface area contributed by atoms with E-state index in [1.54, 1.807) is 24.3 Å². The first-order valence-corrected chi connectivity index (χ1v) is 12.9. The van der Waals surface area contributed by atoms with Crippen LogP contribution < -0.4 is 10.6 Å². The van der Waals surface area contributed by atoms with Crippen LogP contribution in [0.15, 0.2) is 47.1 Å². The summed E-state index contributed by atoms with van der Waals surface area (Å²) in [5.74, 6) is -2.13. The van der Waals surface area contributed by atoms with E-state index in [1.807, 2.05) is 6.07 Å². The molecule has 192 valence electrons. The van der Waals surface area contributed by atoms with Gasteiger partial charge in [-0.05, 0) is 42.2 Å². The number of nitrogens with zero attached hydrogens (tertiary/aromatic N) is 1. The van der Waals surface area contributed by atoms with Crippen LogP contribution in [-0.4, -0.2) is 29.5 Å². The van der Waals surface area contributed by atoms with Crippen molar-refractivity contribution in [3.8, 4) is 0 Å². The van der Waals surface area contributed by atoms with Crippen molar-refractivity contribution in [3.63, 3.8) is 0 Å². The Bertz CT molecular complexity index is 1420. The van der Waals surface area contributed by atoms with Crippen LogP contribution in [0.25, 0.3) is 0 Å². The molecule has 0 radical (unpaired) electrons. The number of benzene rings is 2. The summed E-state index contributed by atoms with van der Waals surface area (Å²) in [5.41, 5.74) is -0.362. The van der Waals surface area contributed by atoms with Crippen molar-refractivity contribution in [2.24, 2.45) is 0 Å². The number of aromatic nitrogens is 1. The molecular weight excluding hydrogens is 520 g/mol. The summed E-state index contributed by atoms with van der Waals surface area (Å²) in [7, 11) is 1.26. The van der Waals surface area contributed by atoms with Gasteiger partial charge in [-0.25, -0.2) is 14.2 Å². The van der Waals surface area contributed by atoms with Gasteiger partial charge in [0.1, 0.15) is 17.5 Å². The molecule has 1 amide bonds. The third-order valence-electron chi connectivity index (χ3n) is 8.21. The Kier molecular flexibility index (Phi) is 5.82. The average Bonchev–Trinajstić information content (AvgIpc) is 3.56. The number of esters is 1. The topological polar surface area (TPSA) is 93.5 Å². The number of oxazole rings is 1. The molecule has 3 aromatic rings. The number of rotatable bonds is 3. The van der Waals surface area contributed by atoms with Gasteiger partial charge in [-0.15, -0.1) is 0 Å². The Hall–Kier alpha value is -2.94. The smallest absolute Gasteiger partial charge is 0.360 e. The lowest BCUT2D eigenvalue weighted by atomic mass is 9.55. The molecule has 2 N–H and O–H groups in total. The normalized spacial score (nSPS) is 25.9. The Labute approximate surface area is 222 Å². The number of ether oxygens (including phenoxy) is 1. The molecule has 1 aliphatic carbocycles. The lowest BCUT2D eigenvalue weighted by molar-refractivity contribution is -0.124. The van der Waals surface area contributed by atoms with E-state index in [-0.39, 0.29) is 28.1 Å². The third-order valence-corrected chi connectivity index (χ3v) is 8.73. The van der Waals surface area contributed by atoms with E-state index in [0.29, 0.717) is 23.6 Å². The van der Waals surface area contributed by atoms with Gasteiger partial charge in [-0.2, -0.15) is 0 Å². The standard InChI is InChI=1S/C27H24Cl2FN3O4/c1-36-24(34)19-13-37-23(31-19)22-20(15-6-5-7-17(29)21(15)30)27(26(33-22)10-3-2-4-11-26)16-9-8-14(28)12-18(16)32-25(27)35/h5-9,12-13,20,22,33H,2-4,10-11H2,1H3,(H,32,35)/t20?,22-,27-/m1/s1. The molecule has 1 saturated carbocycles. The van der Waals surface area contributed by atoms with Crippen molar-refractivity contribution in [3.05, 3.63) is 81.2 Å². The zero-order chi connectivity index (χ0) is 25.9. The van der Waals surface area contributed by atoms with Gasteiger partial charge in [0, 0.05) is 22.2 Å². The van der Waals surface area contributed by atoms with E-state index in [1.165, 1.54) is 19.4 Å². The maximum Gasteiger partial charge on any atom is 0.360 e. The predicted molar refractivity (Wildman–Crippen MR) is 135 cm³/mol. The Balaban J connectivity index is 1.65. The second-order valence-corrected chi connectivity index (χ2v) is 10.7. The fourth-order valence-electron chi connectivity index (χ4n) is 6.83. The highest BCUT2D eigenvalue weighted by Gasteiger charge is 2.72. The van der Waals surface area contributed by atoms with Crippen LogP contribution in [0.3, 0.4) is 0 Å². The molecule has 6 rings (SSSR count). The van der Waals surface area contributed by atoms with E-state index < -0.39 is 34.7 Å². The number of fused-ring (bicyclic) bond motifs is 3. The molecule has 2 fully saturated rings. The number of carbonyl (C=O) groups is 2. The molecule has 2 aliphatic heterocycles. The van der Waals surface area contributed by atoms with Gasteiger partial charge in [0.15, 0.2) is 5.69 Å². The molecule has 1 unspecified atom stereocenters. The number of amides is 1. The van der Waals surface area contributed by atoms with Crippen molar-refractivity contribution in [1.29, 1.82) is 0 Å². The predicted octanol–water partition coefficient (Wildman–Crippen LogP) is 5.93. The second kappa shape index (κ2) is 8.82. The van der Waals surface area contributed by atoms with Gasteiger partial charge >= 0.3 is 5.97 Å². The van der Waals surface area contributed by atoms with Crippen LogP contribution in [0.4, 0.5) is 10.1 Å². The van der Waals surface area contributed by atoms with Gasteiger partial charge in [0.2, 0.25) is 11.8 Å². The van der Waals surface area contributed by atoms with Crippen LogP contribution >= 0.6 is 23.2 Å². The minimum Gasteiger partial charge on any atom is -0.464 e. The van der Waals surface area contributed by atoms with Gasteiger partial charge in [0.25, 0.3) is 0 Å². The summed E-state index contributed by atoms with van der Waals surface area (Å²) in [6.07, 6.45) is 5.39. The van der Waals surface area contributed by atoms with Crippen LogP contribution in [0.1, 0.15) is 71.6 Å². The average molecular weight is 544 g/mol. The van der Waals surface area contributed by atoms with Gasteiger partial charge in [-0.3, -0.25) is 10.1 Å². The van der Waals surface area contributed by atoms with Gasteiger partial charge < -0.3 is 14.5 Å². The van der Waals surface area contributed by atoms with Crippen molar-refractivity contribution >= 4 is 40.8 Å². The first kappa shape index (κ1) is 24.4. The summed E-state index contributed by atoms with van der Waals surface area (Å²) in [6, 6.07) is 9.37.